The van der Waals surface area contributed by atoms with Crippen LogP contribution in [0.5, 0.6) is 5.75 Å². The third-order valence-corrected chi connectivity index (χ3v) is 5.19. The molecule has 0 unspecified atom stereocenters. The first-order chi connectivity index (χ1) is 15.2. The molecule has 0 fully saturated rings. The number of carbonyl (C=O) groups is 2. The summed E-state index contributed by atoms with van der Waals surface area (Å²) in [5, 5.41) is 1.77. The average Bonchev–Trinajstić information content (AvgIpc) is 3.35. The summed E-state index contributed by atoms with van der Waals surface area (Å²) in [6.07, 6.45) is 1.29. The summed E-state index contributed by atoms with van der Waals surface area (Å²) in [7, 11) is 0. The second-order valence-electron chi connectivity index (χ2n) is 7.17. The maximum absolute atomic E-state index is 13.0. The summed E-state index contributed by atoms with van der Waals surface area (Å²) < 4.78 is 16.8. The number of Topliss-reactive ketones (excluding diaryl/α,β-unsaturated/α-hetero) is 1. The first-order valence-electron chi connectivity index (χ1n) is 9.63. The van der Waals surface area contributed by atoms with Crippen LogP contribution in [-0.2, 0) is 4.79 Å². The highest BCUT2D eigenvalue weighted by Gasteiger charge is 2.32. The van der Waals surface area contributed by atoms with Gasteiger partial charge in [-0.3, -0.25) is 4.79 Å². The lowest BCUT2D eigenvalue weighted by molar-refractivity contribution is -0.130. The van der Waals surface area contributed by atoms with E-state index in [1.165, 1.54) is 6.08 Å². The maximum Gasteiger partial charge on any atom is 0.347 e. The molecule has 1 aliphatic heterocycles. The Labute approximate surface area is 175 Å². The lowest BCUT2D eigenvalue weighted by Gasteiger charge is -2.17. The molecular weight excluding hydrogens is 394 g/mol. The smallest absolute Gasteiger partial charge is 0.347 e. The fraction of sp³-hybridized carbons (Fsp3) is 0. The zero-order valence-corrected chi connectivity index (χ0v) is 16.0. The van der Waals surface area contributed by atoms with Crippen molar-refractivity contribution in [3.8, 4) is 17.1 Å². The van der Waals surface area contributed by atoms with E-state index in [0.29, 0.717) is 16.9 Å². The minimum atomic E-state index is -0.743. The molecule has 148 valence electrons. The van der Waals surface area contributed by atoms with Gasteiger partial charge in [0.25, 0.3) is 5.71 Å². The second-order valence-corrected chi connectivity index (χ2v) is 7.17. The van der Waals surface area contributed by atoms with E-state index in [0.717, 1.165) is 16.3 Å². The molecule has 6 heteroatoms. The number of fused-ring (bicyclic) bond motifs is 3. The Hall–Kier alpha value is -4.45. The Kier molecular flexibility index (Phi) is 3.67. The van der Waals surface area contributed by atoms with Crippen LogP contribution in [-0.4, -0.2) is 16.7 Å². The van der Waals surface area contributed by atoms with Gasteiger partial charge in [0.2, 0.25) is 11.7 Å². The van der Waals surface area contributed by atoms with Crippen LogP contribution in [0.25, 0.3) is 39.5 Å². The summed E-state index contributed by atoms with van der Waals surface area (Å²) in [4.78, 5) is 29.8. The van der Waals surface area contributed by atoms with Crippen LogP contribution in [0.3, 0.4) is 0 Å². The monoisotopic (exact) mass is 407 g/mol. The van der Waals surface area contributed by atoms with Crippen LogP contribution < -0.4 is 4.74 Å². The number of hydrogen-bond donors (Lipinski definition) is 0. The van der Waals surface area contributed by atoms with Crippen molar-refractivity contribution in [2.45, 2.75) is 0 Å². The molecule has 31 heavy (non-hydrogen) atoms. The first kappa shape index (κ1) is 17.4. The molecule has 0 radical (unpaired) electrons. The lowest BCUT2D eigenvalue weighted by Crippen LogP contribution is -2.25. The molecule has 0 N–H and O–H groups in total. The predicted molar refractivity (Wildman–Crippen MR) is 114 cm³/mol. The molecule has 0 spiro atoms. The maximum atomic E-state index is 13.0. The van der Waals surface area contributed by atoms with Crippen LogP contribution in [0.2, 0.25) is 0 Å². The van der Waals surface area contributed by atoms with E-state index in [2.05, 4.69) is 4.98 Å². The molecule has 0 saturated heterocycles. The highest BCUT2D eigenvalue weighted by Crippen LogP contribution is 2.34. The number of nitrogens with zero attached hydrogens (tertiary/aromatic N) is 1. The van der Waals surface area contributed by atoms with Crippen LogP contribution in [0.4, 0.5) is 0 Å². The van der Waals surface area contributed by atoms with Gasteiger partial charge in [0.1, 0.15) is 17.1 Å². The van der Waals surface area contributed by atoms with Crippen molar-refractivity contribution >= 4 is 39.9 Å². The predicted octanol–water partition coefficient (Wildman–Crippen LogP) is 5.43. The van der Waals surface area contributed by atoms with Gasteiger partial charge < -0.3 is 13.6 Å². The van der Waals surface area contributed by atoms with Gasteiger partial charge in [0, 0.05) is 17.7 Å². The molecule has 0 bridgehead atoms. The fourth-order valence-corrected chi connectivity index (χ4v) is 3.68. The molecule has 3 aromatic carbocycles. The van der Waals surface area contributed by atoms with Crippen molar-refractivity contribution in [3.63, 3.8) is 0 Å². The van der Waals surface area contributed by atoms with Gasteiger partial charge in [-0.05, 0) is 22.9 Å². The Bertz CT molecular complexity index is 1510. The highest BCUT2D eigenvalue weighted by atomic mass is 16.5. The van der Waals surface area contributed by atoms with Gasteiger partial charge in [-0.1, -0.05) is 54.6 Å². The van der Waals surface area contributed by atoms with Crippen molar-refractivity contribution in [2.24, 2.45) is 0 Å². The van der Waals surface area contributed by atoms with Gasteiger partial charge >= 0.3 is 5.97 Å². The number of oxazole rings is 1. The largest absolute Gasteiger partial charge is 0.435 e. The van der Waals surface area contributed by atoms with E-state index in [1.54, 1.807) is 18.2 Å². The third-order valence-electron chi connectivity index (χ3n) is 5.19. The second kappa shape index (κ2) is 6.53. The van der Waals surface area contributed by atoms with Crippen molar-refractivity contribution < 1.29 is 23.2 Å². The van der Waals surface area contributed by atoms with Gasteiger partial charge in [0.15, 0.2) is 5.58 Å². The van der Waals surface area contributed by atoms with E-state index in [1.807, 2.05) is 54.6 Å². The van der Waals surface area contributed by atoms with E-state index in [4.69, 9.17) is 13.6 Å². The van der Waals surface area contributed by atoms with Gasteiger partial charge in [0.05, 0.1) is 5.56 Å². The Morgan fingerprint density at radius 1 is 0.806 bits per heavy atom. The van der Waals surface area contributed by atoms with Crippen LogP contribution in [0.15, 0.2) is 87.2 Å². The van der Waals surface area contributed by atoms with Crippen molar-refractivity contribution in [1.29, 1.82) is 0 Å². The summed E-state index contributed by atoms with van der Waals surface area (Å²) in [5.74, 6) is -0.211. The number of hydrogen-bond acceptors (Lipinski definition) is 6. The number of ketones is 1. The number of rotatable bonds is 2. The third kappa shape index (κ3) is 2.85. The van der Waals surface area contributed by atoms with Crippen LogP contribution >= 0.6 is 0 Å². The molecule has 6 nitrogen and oxygen atoms in total. The van der Waals surface area contributed by atoms with E-state index >= 15 is 0 Å². The quantitative estimate of drug-likeness (QED) is 0.168. The lowest BCUT2D eigenvalue weighted by atomic mass is 9.96. The summed E-state index contributed by atoms with van der Waals surface area (Å²) in [6, 6.07) is 22.3. The topological polar surface area (TPSA) is 82.5 Å². The minimum Gasteiger partial charge on any atom is -0.435 e. The molecule has 0 amide bonds. The van der Waals surface area contributed by atoms with E-state index in [-0.39, 0.29) is 22.9 Å². The molecule has 0 saturated carbocycles. The minimum absolute atomic E-state index is 0.0953. The zero-order chi connectivity index (χ0) is 20.9. The van der Waals surface area contributed by atoms with Crippen LogP contribution in [0, 0.1) is 0 Å². The molecule has 0 aliphatic carbocycles. The molecule has 1 aliphatic rings. The summed E-state index contributed by atoms with van der Waals surface area (Å²) in [6.45, 7) is 0. The number of benzene rings is 3. The van der Waals surface area contributed by atoms with Crippen molar-refractivity contribution in [3.05, 3.63) is 89.8 Å². The van der Waals surface area contributed by atoms with Crippen molar-refractivity contribution in [1.82, 2.24) is 4.98 Å². The molecule has 5 aromatic rings. The summed E-state index contributed by atoms with van der Waals surface area (Å²) >= 11 is 0. The normalized spacial score (nSPS) is 14.9. The number of furan rings is 1. The Morgan fingerprint density at radius 2 is 1.55 bits per heavy atom. The number of ether oxygens (including phenoxy) is 1. The van der Waals surface area contributed by atoms with Gasteiger partial charge in [-0.2, -0.15) is 4.98 Å². The fourth-order valence-electron chi connectivity index (χ4n) is 3.68. The number of esters is 1. The van der Waals surface area contributed by atoms with E-state index in [9.17, 15) is 9.59 Å². The Balaban J connectivity index is 1.38. The Morgan fingerprint density at radius 3 is 2.32 bits per heavy atom. The SMILES string of the molecule is O=C1Oc2cc3ccccc3cc2C(=O)/C1=C/c1nc2oc(-c3ccccc3)cc2o1. The average molecular weight is 407 g/mol. The molecule has 6 rings (SSSR count). The zero-order valence-electron chi connectivity index (χ0n) is 16.0. The summed E-state index contributed by atoms with van der Waals surface area (Å²) in [5.41, 5.74) is 1.79. The van der Waals surface area contributed by atoms with Gasteiger partial charge in [-0.15, -0.1) is 0 Å². The van der Waals surface area contributed by atoms with Crippen LogP contribution in [0.1, 0.15) is 16.2 Å². The molecule has 3 heterocycles. The number of carbonyl (C=O) groups excluding carboxylic acids is 2. The molecular formula is C25H13NO5. The van der Waals surface area contributed by atoms with Gasteiger partial charge in [-0.25, -0.2) is 4.79 Å². The standard InChI is InChI=1S/C25H13NO5/c27-23-17-10-15-8-4-5-9-16(15)11-20(17)31-25(28)18(23)12-22-26-24-21(29-22)13-19(30-24)14-6-2-1-3-7-14/h1-13H/b18-12-. The molecule has 2 aromatic heterocycles. The van der Waals surface area contributed by atoms with Crippen molar-refractivity contribution in [2.75, 3.05) is 0 Å². The highest BCUT2D eigenvalue weighted by molar-refractivity contribution is 6.30. The first-order valence-corrected chi connectivity index (χ1v) is 9.63. The van der Waals surface area contributed by atoms with E-state index < -0.39 is 11.8 Å². The molecule has 0 atom stereocenters. The number of aromatic nitrogens is 1.